The van der Waals surface area contributed by atoms with Crippen molar-refractivity contribution in [3.05, 3.63) is 42.2 Å². The summed E-state index contributed by atoms with van der Waals surface area (Å²) in [6, 6.07) is 7.20. The molecule has 2 aromatic rings. The van der Waals surface area contributed by atoms with Gasteiger partial charge in [0.2, 0.25) is 5.95 Å². The topological polar surface area (TPSA) is 76.6 Å². The molecule has 1 fully saturated rings. The summed E-state index contributed by atoms with van der Waals surface area (Å²) in [6.45, 7) is 1.19. The fourth-order valence-electron chi connectivity index (χ4n) is 2.52. The first-order valence-corrected chi connectivity index (χ1v) is 7.26. The summed E-state index contributed by atoms with van der Waals surface area (Å²) >= 11 is 0. The molecule has 1 aliphatic heterocycles. The van der Waals surface area contributed by atoms with Gasteiger partial charge in [0, 0.05) is 25.5 Å². The fraction of sp³-hybridized carbons (Fsp3) is 0.312. The van der Waals surface area contributed by atoms with Crippen LogP contribution in [0, 0.1) is 0 Å². The maximum absolute atomic E-state index is 12.6. The summed E-state index contributed by atoms with van der Waals surface area (Å²) < 4.78 is 10.6. The lowest BCUT2D eigenvalue weighted by molar-refractivity contribution is 0.0620. The van der Waals surface area contributed by atoms with Gasteiger partial charge in [-0.05, 0) is 18.2 Å². The predicted octanol–water partition coefficient (Wildman–Crippen LogP) is 1.43. The molecule has 0 bridgehead atoms. The van der Waals surface area contributed by atoms with Gasteiger partial charge in [0.1, 0.15) is 0 Å². The Labute approximate surface area is 134 Å². The Balaban J connectivity index is 1.65. The largest absolute Gasteiger partial charge is 0.493 e. The van der Waals surface area contributed by atoms with E-state index in [4.69, 9.17) is 9.47 Å². The van der Waals surface area contributed by atoms with E-state index in [0.29, 0.717) is 36.1 Å². The van der Waals surface area contributed by atoms with Crippen LogP contribution in [0.5, 0.6) is 11.5 Å². The van der Waals surface area contributed by atoms with Gasteiger partial charge in [0.25, 0.3) is 5.91 Å². The monoisotopic (exact) mass is 314 g/mol. The van der Waals surface area contributed by atoms with Gasteiger partial charge in [-0.2, -0.15) is 0 Å². The zero-order valence-corrected chi connectivity index (χ0v) is 13.0. The number of nitrogens with one attached hydrogen (secondary N) is 1. The van der Waals surface area contributed by atoms with Crippen molar-refractivity contribution >= 4 is 11.9 Å². The fourth-order valence-corrected chi connectivity index (χ4v) is 2.52. The molecule has 0 aliphatic carbocycles. The average Bonchev–Trinajstić information content (AvgIpc) is 2.57. The molecule has 7 nitrogen and oxygen atoms in total. The minimum Gasteiger partial charge on any atom is -0.493 e. The van der Waals surface area contributed by atoms with Crippen molar-refractivity contribution in [1.29, 1.82) is 0 Å². The van der Waals surface area contributed by atoms with Crippen LogP contribution in [0.3, 0.4) is 0 Å². The Hall–Kier alpha value is -2.83. The second-order valence-corrected chi connectivity index (χ2v) is 5.16. The zero-order chi connectivity index (χ0) is 16.2. The van der Waals surface area contributed by atoms with E-state index in [9.17, 15) is 4.79 Å². The van der Waals surface area contributed by atoms with Gasteiger partial charge in [-0.3, -0.25) is 4.79 Å². The molecule has 1 aromatic carbocycles. The Morgan fingerprint density at radius 3 is 2.57 bits per heavy atom. The highest BCUT2D eigenvalue weighted by Crippen LogP contribution is 2.32. The van der Waals surface area contributed by atoms with Crippen LogP contribution in [-0.2, 0) is 0 Å². The van der Waals surface area contributed by atoms with Crippen LogP contribution in [0.25, 0.3) is 0 Å². The van der Waals surface area contributed by atoms with Gasteiger partial charge >= 0.3 is 0 Å². The van der Waals surface area contributed by atoms with E-state index in [-0.39, 0.29) is 11.9 Å². The van der Waals surface area contributed by atoms with Crippen molar-refractivity contribution in [3.8, 4) is 11.5 Å². The first-order valence-electron chi connectivity index (χ1n) is 7.26. The highest BCUT2D eigenvalue weighted by atomic mass is 16.5. The van der Waals surface area contributed by atoms with Crippen molar-refractivity contribution in [3.63, 3.8) is 0 Å². The number of hydrogen-bond donors (Lipinski definition) is 1. The number of anilines is 1. The van der Waals surface area contributed by atoms with Gasteiger partial charge in [0.15, 0.2) is 11.5 Å². The molecule has 120 valence electrons. The minimum atomic E-state index is -0.0761. The number of carbonyl (C=O) groups is 1. The van der Waals surface area contributed by atoms with Crippen molar-refractivity contribution < 1.29 is 14.3 Å². The summed E-state index contributed by atoms with van der Waals surface area (Å²) in [5.74, 6) is 1.50. The van der Waals surface area contributed by atoms with E-state index >= 15 is 0 Å². The Morgan fingerprint density at radius 1 is 1.17 bits per heavy atom. The molecule has 1 aromatic heterocycles. The van der Waals surface area contributed by atoms with Gasteiger partial charge in [-0.1, -0.05) is 6.07 Å². The summed E-state index contributed by atoms with van der Waals surface area (Å²) in [6.07, 6.45) is 3.36. The molecule has 0 radical (unpaired) electrons. The summed E-state index contributed by atoms with van der Waals surface area (Å²) in [5, 5.41) is 3.19. The number of likely N-dealkylation sites (tertiary alicyclic amines) is 1. The molecule has 0 atom stereocenters. The second kappa shape index (κ2) is 6.51. The molecule has 23 heavy (non-hydrogen) atoms. The van der Waals surface area contributed by atoms with Crippen molar-refractivity contribution in [2.24, 2.45) is 0 Å². The molecule has 1 saturated heterocycles. The number of hydrogen-bond acceptors (Lipinski definition) is 6. The lowest BCUT2D eigenvalue weighted by Crippen LogP contribution is -2.57. The standard InChI is InChI=1S/C16H18N4O3/c1-22-13-6-3-5-12(14(13)23-2)15(21)20-9-11(10-20)19-16-17-7-4-8-18-16/h3-8,11H,9-10H2,1-2H3,(H,17,18,19). The van der Waals surface area contributed by atoms with E-state index in [2.05, 4.69) is 15.3 Å². The molecule has 3 rings (SSSR count). The highest BCUT2D eigenvalue weighted by molar-refractivity contribution is 5.98. The number of amides is 1. The van der Waals surface area contributed by atoms with Gasteiger partial charge in [-0.15, -0.1) is 0 Å². The van der Waals surface area contributed by atoms with Crippen LogP contribution >= 0.6 is 0 Å². The number of carbonyl (C=O) groups excluding carboxylic acids is 1. The number of ether oxygens (including phenoxy) is 2. The quantitative estimate of drug-likeness (QED) is 0.900. The van der Waals surface area contributed by atoms with Crippen molar-refractivity contribution in [1.82, 2.24) is 14.9 Å². The third-order valence-corrected chi connectivity index (χ3v) is 3.70. The molecule has 2 heterocycles. The average molecular weight is 314 g/mol. The summed E-state index contributed by atoms with van der Waals surface area (Å²) in [7, 11) is 3.08. The van der Waals surface area contributed by atoms with E-state index in [1.807, 2.05) is 0 Å². The number of aromatic nitrogens is 2. The molecule has 0 unspecified atom stereocenters. The van der Waals surface area contributed by atoms with Crippen molar-refractivity contribution in [2.45, 2.75) is 6.04 Å². The predicted molar refractivity (Wildman–Crippen MR) is 84.9 cm³/mol. The smallest absolute Gasteiger partial charge is 0.257 e. The Morgan fingerprint density at radius 2 is 1.91 bits per heavy atom. The molecule has 0 spiro atoms. The number of nitrogens with zero attached hydrogens (tertiary/aromatic N) is 3. The highest BCUT2D eigenvalue weighted by Gasteiger charge is 2.33. The summed E-state index contributed by atoms with van der Waals surface area (Å²) in [5.41, 5.74) is 0.501. The van der Waals surface area contributed by atoms with Crippen LogP contribution in [-0.4, -0.2) is 54.1 Å². The molecular weight excluding hydrogens is 296 g/mol. The zero-order valence-electron chi connectivity index (χ0n) is 13.0. The third-order valence-electron chi connectivity index (χ3n) is 3.70. The van der Waals surface area contributed by atoms with Crippen molar-refractivity contribution in [2.75, 3.05) is 32.6 Å². The normalized spacial score (nSPS) is 14.1. The van der Waals surface area contributed by atoms with Crippen LogP contribution in [0.4, 0.5) is 5.95 Å². The Kier molecular flexibility index (Phi) is 4.27. The first-order chi connectivity index (χ1) is 11.2. The van der Waals surface area contributed by atoms with Gasteiger partial charge in [0.05, 0.1) is 25.8 Å². The lowest BCUT2D eigenvalue weighted by atomic mass is 10.1. The van der Waals surface area contributed by atoms with E-state index < -0.39 is 0 Å². The Bertz CT molecular complexity index is 687. The maximum atomic E-state index is 12.6. The molecule has 1 N–H and O–H groups in total. The second-order valence-electron chi connectivity index (χ2n) is 5.16. The molecule has 1 amide bonds. The van der Waals surface area contributed by atoms with Crippen LogP contribution in [0.1, 0.15) is 10.4 Å². The number of methoxy groups -OCH3 is 2. The van der Waals surface area contributed by atoms with Crippen LogP contribution < -0.4 is 14.8 Å². The van der Waals surface area contributed by atoms with Gasteiger partial charge in [-0.25, -0.2) is 9.97 Å². The lowest BCUT2D eigenvalue weighted by Gasteiger charge is -2.39. The third kappa shape index (κ3) is 3.03. The molecule has 7 heteroatoms. The number of para-hydroxylation sites is 1. The number of rotatable bonds is 5. The molecular formula is C16H18N4O3. The van der Waals surface area contributed by atoms with Crippen LogP contribution in [0.2, 0.25) is 0 Å². The van der Waals surface area contributed by atoms with Gasteiger partial charge < -0.3 is 19.7 Å². The maximum Gasteiger partial charge on any atom is 0.257 e. The first kappa shape index (κ1) is 15.1. The minimum absolute atomic E-state index is 0.0761. The molecule has 0 saturated carbocycles. The SMILES string of the molecule is COc1cccc(C(=O)N2CC(Nc3ncccn3)C2)c1OC. The summed E-state index contributed by atoms with van der Waals surface area (Å²) in [4.78, 5) is 22.6. The van der Waals surface area contributed by atoms with Crippen LogP contribution in [0.15, 0.2) is 36.7 Å². The van der Waals surface area contributed by atoms with E-state index in [0.717, 1.165) is 0 Å². The molecule has 1 aliphatic rings. The van der Waals surface area contributed by atoms with E-state index in [1.54, 1.807) is 48.7 Å². The van der Waals surface area contributed by atoms with E-state index in [1.165, 1.54) is 7.11 Å². The number of benzene rings is 1.